The van der Waals surface area contributed by atoms with Crippen molar-refractivity contribution < 1.29 is 18.7 Å². The van der Waals surface area contributed by atoms with Crippen molar-refractivity contribution in [3.05, 3.63) is 40.9 Å². The van der Waals surface area contributed by atoms with Crippen LogP contribution in [-0.4, -0.2) is 47.2 Å². The Morgan fingerprint density at radius 3 is 2.77 bits per heavy atom. The van der Waals surface area contributed by atoms with E-state index in [1.807, 2.05) is 0 Å². The molecular formula is C17H18ClFN4O3. The van der Waals surface area contributed by atoms with Crippen molar-refractivity contribution in [2.24, 2.45) is 13.0 Å². The average Bonchev–Trinajstić information content (AvgIpc) is 3.06. The Morgan fingerprint density at radius 2 is 2.15 bits per heavy atom. The molecule has 1 aliphatic rings. The van der Waals surface area contributed by atoms with E-state index in [1.165, 1.54) is 30.2 Å². The molecular weight excluding hydrogens is 363 g/mol. The molecule has 26 heavy (non-hydrogen) atoms. The van der Waals surface area contributed by atoms with Gasteiger partial charge in [-0.05, 0) is 18.2 Å². The molecule has 0 saturated carbocycles. The molecule has 2 unspecified atom stereocenters. The summed E-state index contributed by atoms with van der Waals surface area (Å²) < 4.78 is 20.4. The summed E-state index contributed by atoms with van der Waals surface area (Å²) in [6, 6.07) is 5.83. The average molecular weight is 381 g/mol. The van der Waals surface area contributed by atoms with E-state index in [0.717, 1.165) is 0 Å². The van der Waals surface area contributed by atoms with Gasteiger partial charge in [-0.2, -0.15) is 5.10 Å². The number of para-hydroxylation sites is 1. The van der Waals surface area contributed by atoms with E-state index in [2.05, 4.69) is 10.4 Å². The molecule has 0 spiro atoms. The molecule has 2 heterocycles. The minimum absolute atomic E-state index is 0.0835. The maximum Gasteiger partial charge on any atom is 0.237 e. The van der Waals surface area contributed by atoms with Crippen LogP contribution in [0, 0.1) is 11.7 Å². The molecule has 2 atom stereocenters. The number of carbonyl (C=O) groups is 2. The van der Waals surface area contributed by atoms with Gasteiger partial charge < -0.3 is 15.0 Å². The Morgan fingerprint density at radius 1 is 1.42 bits per heavy atom. The van der Waals surface area contributed by atoms with E-state index >= 15 is 0 Å². The molecule has 138 valence electrons. The van der Waals surface area contributed by atoms with E-state index in [9.17, 15) is 14.0 Å². The quantitative estimate of drug-likeness (QED) is 0.823. The normalized spacial score (nSPS) is 19.7. The smallest absolute Gasteiger partial charge is 0.237 e. The predicted octanol–water partition coefficient (Wildman–Crippen LogP) is 2.03. The number of hydrogen-bond acceptors (Lipinski definition) is 4. The van der Waals surface area contributed by atoms with Crippen molar-refractivity contribution in [2.75, 3.05) is 26.0 Å². The molecule has 2 aromatic rings. The SMILES string of the molecule is COc1c(F)cccc1NC(=O)C1C(=O)N(C)CC1c1cc(Cl)nn1C. The summed E-state index contributed by atoms with van der Waals surface area (Å²) in [5.74, 6) is -2.93. The zero-order chi connectivity index (χ0) is 19.0. The fraction of sp³-hybridized carbons (Fsp3) is 0.353. The van der Waals surface area contributed by atoms with Gasteiger partial charge in [0.25, 0.3) is 0 Å². The first-order valence-corrected chi connectivity index (χ1v) is 8.29. The van der Waals surface area contributed by atoms with Crippen molar-refractivity contribution in [3.8, 4) is 5.75 Å². The van der Waals surface area contributed by atoms with Crippen molar-refractivity contribution >= 4 is 29.1 Å². The number of likely N-dealkylation sites (tertiary alicyclic amines) is 1. The van der Waals surface area contributed by atoms with Gasteiger partial charge >= 0.3 is 0 Å². The molecule has 0 bridgehead atoms. The Kier molecular flexibility index (Phi) is 4.86. The third-order valence-electron chi connectivity index (χ3n) is 4.49. The summed E-state index contributed by atoms with van der Waals surface area (Å²) in [6.07, 6.45) is 0. The molecule has 0 radical (unpaired) electrons. The highest BCUT2D eigenvalue weighted by atomic mass is 35.5. The first kappa shape index (κ1) is 18.2. The second-order valence-electron chi connectivity index (χ2n) is 6.13. The minimum atomic E-state index is -0.973. The minimum Gasteiger partial charge on any atom is -0.492 e. The molecule has 1 fully saturated rings. The Balaban J connectivity index is 1.92. The molecule has 1 aromatic carbocycles. The van der Waals surface area contributed by atoms with Crippen LogP contribution in [0.2, 0.25) is 5.15 Å². The van der Waals surface area contributed by atoms with Gasteiger partial charge in [0.15, 0.2) is 16.7 Å². The van der Waals surface area contributed by atoms with Crippen LogP contribution in [0.3, 0.4) is 0 Å². The molecule has 2 amide bonds. The van der Waals surface area contributed by atoms with Gasteiger partial charge in [-0.25, -0.2) is 4.39 Å². The number of halogens is 2. The standard InChI is InChI=1S/C17H18ClFN4O3/c1-22-8-9(12-7-13(18)21-23(12)2)14(17(22)25)16(24)20-11-6-4-5-10(19)15(11)26-3/h4-7,9,14H,8H2,1-3H3,(H,20,24). The first-order valence-electron chi connectivity index (χ1n) is 7.91. The molecule has 1 aromatic heterocycles. The van der Waals surface area contributed by atoms with Gasteiger partial charge in [0.2, 0.25) is 11.8 Å². The number of hydrogen-bond donors (Lipinski definition) is 1. The van der Waals surface area contributed by atoms with Crippen molar-refractivity contribution in [1.82, 2.24) is 14.7 Å². The lowest BCUT2D eigenvalue weighted by Crippen LogP contribution is -2.33. The second-order valence-corrected chi connectivity index (χ2v) is 6.52. The van der Waals surface area contributed by atoms with E-state index in [1.54, 1.807) is 24.8 Å². The van der Waals surface area contributed by atoms with Crippen molar-refractivity contribution in [1.29, 1.82) is 0 Å². The molecule has 7 nitrogen and oxygen atoms in total. The van der Waals surface area contributed by atoms with Gasteiger partial charge in [0.05, 0.1) is 12.8 Å². The summed E-state index contributed by atoms with van der Waals surface area (Å²) in [7, 11) is 4.64. The van der Waals surface area contributed by atoms with E-state index in [4.69, 9.17) is 16.3 Å². The Labute approximate surface area is 154 Å². The number of aryl methyl sites for hydroxylation is 1. The van der Waals surface area contributed by atoms with Gasteiger partial charge in [-0.15, -0.1) is 0 Å². The lowest BCUT2D eigenvalue weighted by Gasteiger charge is -2.18. The third-order valence-corrected chi connectivity index (χ3v) is 4.68. The molecule has 1 aliphatic heterocycles. The number of amides is 2. The highest BCUT2D eigenvalue weighted by Gasteiger charge is 2.45. The van der Waals surface area contributed by atoms with Crippen molar-refractivity contribution in [3.63, 3.8) is 0 Å². The fourth-order valence-corrected chi connectivity index (χ4v) is 3.50. The zero-order valence-electron chi connectivity index (χ0n) is 14.5. The highest BCUT2D eigenvalue weighted by Crippen LogP contribution is 2.36. The number of rotatable bonds is 4. The van der Waals surface area contributed by atoms with E-state index in [0.29, 0.717) is 12.2 Å². The Hall–Kier alpha value is -2.61. The maximum absolute atomic E-state index is 13.8. The number of nitrogens with zero attached hydrogens (tertiary/aromatic N) is 3. The summed E-state index contributed by atoms with van der Waals surface area (Å²) in [5.41, 5.74) is 0.848. The zero-order valence-corrected chi connectivity index (χ0v) is 15.2. The maximum atomic E-state index is 13.8. The molecule has 3 rings (SSSR count). The summed E-state index contributed by atoms with van der Waals surface area (Å²) in [5, 5.41) is 6.97. The van der Waals surface area contributed by atoms with Crippen LogP contribution < -0.4 is 10.1 Å². The number of aromatic nitrogens is 2. The Bertz CT molecular complexity index is 870. The van der Waals surface area contributed by atoms with Crippen LogP contribution in [-0.2, 0) is 16.6 Å². The van der Waals surface area contributed by atoms with Crippen LogP contribution in [0.1, 0.15) is 11.6 Å². The van der Waals surface area contributed by atoms with Gasteiger partial charge in [-0.1, -0.05) is 17.7 Å². The number of ether oxygens (including phenoxy) is 1. The van der Waals surface area contributed by atoms with Crippen LogP contribution >= 0.6 is 11.6 Å². The topological polar surface area (TPSA) is 76.5 Å². The van der Waals surface area contributed by atoms with Crippen LogP contribution in [0.15, 0.2) is 24.3 Å². The van der Waals surface area contributed by atoms with Gasteiger partial charge in [-0.3, -0.25) is 14.3 Å². The summed E-state index contributed by atoms with van der Waals surface area (Å²) in [4.78, 5) is 26.9. The third kappa shape index (κ3) is 3.12. The van der Waals surface area contributed by atoms with Crippen LogP contribution in [0.25, 0.3) is 0 Å². The first-order chi connectivity index (χ1) is 12.3. The van der Waals surface area contributed by atoms with Gasteiger partial charge in [0.1, 0.15) is 5.92 Å². The van der Waals surface area contributed by atoms with Gasteiger partial charge in [0, 0.05) is 32.3 Å². The molecule has 0 aliphatic carbocycles. The number of methoxy groups -OCH3 is 1. The lowest BCUT2D eigenvalue weighted by atomic mass is 9.91. The van der Waals surface area contributed by atoms with Crippen LogP contribution in [0.4, 0.5) is 10.1 Å². The van der Waals surface area contributed by atoms with E-state index < -0.39 is 23.6 Å². The van der Waals surface area contributed by atoms with Crippen LogP contribution in [0.5, 0.6) is 5.75 Å². The fourth-order valence-electron chi connectivity index (χ4n) is 3.28. The predicted molar refractivity (Wildman–Crippen MR) is 93.7 cm³/mol. The molecule has 1 N–H and O–H groups in total. The summed E-state index contributed by atoms with van der Waals surface area (Å²) >= 11 is 5.94. The number of anilines is 1. The largest absolute Gasteiger partial charge is 0.492 e. The molecule has 9 heteroatoms. The number of carbonyl (C=O) groups excluding carboxylic acids is 2. The number of benzene rings is 1. The van der Waals surface area contributed by atoms with Crippen molar-refractivity contribution in [2.45, 2.75) is 5.92 Å². The van der Waals surface area contributed by atoms with E-state index in [-0.39, 0.29) is 22.5 Å². The monoisotopic (exact) mass is 380 g/mol. The second kappa shape index (κ2) is 6.95. The number of likely N-dealkylation sites (N-methyl/N-ethyl adjacent to an activating group) is 1. The number of nitrogens with one attached hydrogen (secondary N) is 1. The summed E-state index contributed by atoms with van der Waals surface area (Å²) in [6.45, 7) is 0.354. The molecule has 1 saturated heterocycles. The lowest BCUT2D eigenvalue weighted by molar-refractivity contribution is -0.135. The highest BCUT2D eigenvalue weighted by molar-refractivity contribution is 6.29.